The number of quaternary nitrogens is 1. The second kappa shape index (κ2) is 11.0. The Balaban J connectivity index is 0.00000289. The van der Waals surface area contributed by atoms with E-state index in [1.165, 1.54) is 17.5 Å². The number of fused-ring (bicyclic) bond motifs is 3. The number of piperidine rings is 3. The maximum atomic E-state index is 13.6. The van der Waals surface area contributed by atoms with Gasteiger partial charge in [-0.05, 0) is 24.3 Å². The SMILES string of the molecule is O=C(C[N+]12CCC(CC1)[C@@H](OC(=O)C(O)(c1cccs1)C1CCCCC1)C2)Nc1cnccn1.[Br-]. The number of ether oxygens (including phenoxy) is 1. The second-order valence-corrected chi connectivity index (χ2v) is 11.1. The molecular weight excluding hydrogens is 532 g/mol. The van der Waals surface area contributed by atoms with Crippen molar-refractivity contribution in [3.05, 3.63) is 41.0 Å². The third-order valence-corrected chi connectivity index (χ3v) is 9.01. The minimum atomic E-state index is -1.59. The van der Waals surface area contributed by atoms with Gasteiger partial charge in [0.1, 0.15) is 6.54 Å². The minimum Gasteiger partial charge on any atom is -1.00 e. The van der Waals surface area contributed by atoms with Crippen molar-refractivity contribution < 1.29 is 40.9 Å². The van der Waals surface area contributed by atoms with Crippen molar-refractivity contribution in [3.63, 3.8) is 0 Å². The molecular formula is C25H33BrN4O4S. The highest BCUT2D eigenvalue weighted by Crippen LogP contribution is 2.43. The van der Waals surface area contributed by atoms with Gasteiger partial charge in [0.2, 0.25) is 0 Å². The van der Waals surface area contributed by atoms with Crippen LogP contribution in [0.25, 0.3) is 0 Å². The fourth-order valence-corrected chi connectivity index (χ4v) is 7.03. The van der Waals surface area contributed by atoms with E-state index in [2.05, 4.69) is 15.3 Å². The zero-order chi connectivity index (χ0) is 23.6. The molecule has 2 bridgehead atoms. The fourth-order valence-electron chi connectivity index (χ4n) is 6.14. The van der Waals surface area contributed by atoms with Crippen molar-refractivity contribution >= 4 is 29.0 Å². The number of halogens is 1. The number of rotatable bonds is 7. The van der Waals surface area contributed by atoms with Crippen molar-refractivity contribution in [1.29, 1.82) is 0 Å². The molecule has 4 fully saturated rings. The van der Waals surface area contributed by atoms with Gasteiger partial charge in [0.25, 0.3) is 5.91 Å². The molecule has 1 saturated carbocycles. The van der Waals surface area contributed by atoms with E-state index in [0.29, 0.717) is 28.3 Å². The molecule has 0 radical (unpaired) electrons. The van der Waals surface area contributed by atoms with Gasteiger partial charge in [-0.3, -0.25) is 9.78 Å². The van der Waals surface area contributed by atoms with Crippen molar-refractivity contribution in [2.24, 2.45) is 11.8 Å². The molecule has 5 heterocycles. The Bertz CT molecular complexity index is 994. The van der Waals surface area contributed by atoms with E-state index in [9.17, 15) is 14.7 Å². The van der Waals surface area contributed by atoms with Crippen LogP contribution in [-0.2, 0) is 19.9 Å². The highest BCUT2D eigenvalue weighted by molar-refractivity contribution is 7.10. The Kier molecular flexibility index (Phi) is 8.25. The molecule has 35 heavy (non-hydrogen) atoms. The summed E-state index contributed by atoms with van der Waals surface area (Å²) in [6, 6.07) is 3.73. The lowest BCUT2D eigenvalue weighted by Crippen LogP contribution is -3.00. The van der Waals surface area contributed by atoms with Crippen LogP contribution in [0.3, 0.4) is 0 Å². The van der Waals surface area contributed by atoms with Crippen molar-refractivity contribution in [3.8, 4) is 0 Å². The smallest absolute Gasteiger partial charge is 0.344 e. The number of anilines is 1. The van der Waals surface area contributed by atoms with E-state index >= 15 is 0 Å². The summed E-state index contributed by atoms with van der Waals surface area (Å²) in [7, 11) is 0. The summed E-state index contributed by atoms with van der Waals surface area (Å²) in [4.78, 5) is 35.2. The van der Waals surface area contributed by atoms with Crippen LogP contribution in [0.5, 0.6) is 0 Å². The van der Waals surface area contributed by atoms with Crippen LogP contribution in [0.2, 0.25) is 0 Å². The van der Waals surface area contributed by atoms with Gasteiger partial charge in [0.15, 0.2) is 24.1 Å². The first-order chi connectivity index (χ1) is 16.5. The maximum absolute atomic E-state index is 13.6. The predicted octanol–water partition coefficient (Wildman–Crippen LogP) is 0.101. The molecule has 2 aromatic rings. The molecule has 0 aromatic carbocycles. The first-order valence-corrected chi connectivity index (χ1v) is 13.2. The van der Waals surface area contributed by atoms with Crippen LogP contribution in [0.4, 0.5) is 5.82 Å². The van der Waals surface area contributed by atoms with E-state index in [-0.39, 0.29) is 40.8 Å². The quantitative estimate of drug-likeness (QED) is 0.365. The summed E-state index contributed by atoms with van der Waals surface area (Å²) in [6.45, 7) is 2.71. The first kappa shape index (κ1) is 26.2. The van der Waals surface area contributed by atoms with Crippen LogP contribution in [-0.4, -0.2) is 63.7 Å². The maximum Gasteiger partial charge on any atom is 0.344 e. The van der Waals surface area contributed by atoms with Gasteiger partial charge >= 0.3 is 5.97 Å². The Morgan fingerprint density at radius 2 is 1.94 bits per heavy atom. The lowest BCUT2D eigenvalue weighted by Gasteiger charge is -2.52. The molecule has 190 valence electrons. The molecule has 2 atom stereocenters. The molecule has 2 aromatic heterocycles. The molecule has 10 heteroatoms. The molecule has 2 N–H and O–H groups in total. The van der Waals surface area contributed by atoms with Crippen LogP contribution in [0.1, 0.15) is 49.8 Å². The van der Waals surface area contributed by atoms with Gasteiger partial charge < -0.3 is 36.6 Å². The van der Waals surface area contributed by atoms with Crippen LogP contribution < -0.4 is 22.3 Å². The summed E-state index contributed by atoms with van der Waals surface area (Å²) >= 11 is 1.42. The summed E-state index contributed by atoms with van der Waals surface area (Å²) in [5.41, 5.74) is -1.59. The van der Waals surface area contributed by atoms with E-state index in [4.69, 9.17) is 4.74 Å². The number of hydrogen-bond acceptors (Lipinski definition) is 7. The monoisotopic (exact) mass is 564 g/mol. The van der Waals surface area contributed by atoms with Crippen LogP contribution in [0, 0.1) is 11.8 Å². The lowest BCUT2D eigenvalue weighted by molar-refractivity contribution is -0.939. The lowest BCUT2D eigenvalue weighted by atomic mass is 9.75. The Labute approximate surface area is 220 Å². The van der Waals surface area contributed by atoms with Crippen LogP contribution >= 0.6 is 11.3 Å². The summed E-state index contributed by atoms with van der Waals surface area (Å²) in [5, 5.41) is 16.5. The van der Waals surface area contributed by atoms with Crippen LogP contribution in [0.15, 0.2) is 36.1 Å². The van der Waals surface area contributed by atoms with E-state index < -0.39 is 11.6 Å². The van der Waals surface area contributed by atoms with E-state index in [0.717, 1.165) is 58.0 Å². The molecule has 4 aliphatic rings. The minimum absolute atomic E-state index is 0. The third-order valence-electron chi connectivity index (χ3n) is 8.01. The zero-order valence-corrected chi connectivity index (χ0v) is 22.2. The van der Waals surface area contributed by atoms with Gasteiger partial charge in [-0.25, -0.2) is 9.78 Å². The van der Waals surface area contributed by atoms with Crippen molar-refractivity contribution in [2.45, 2.75) is 56.7 Å². The standard InChI is InChI=1S/C25H32N4O4S.BrH/c30-23(28-22-15-26-10-11-27-22)17-29-12-8-18(9-13-29)20(16-29)33-24(31)25(32,21-7-4-14-34-21)19-5-2-1-3-6-19;/h4,7,10-11,14-15,18-20,32H,1-3,5-6,8-9,12-13,16-17H2;1H/t18?,20-,25?,29?;/m0./s1. The Morgan fingerprint density at radius 3 is 2.60 bits per heavy atom. The second-order valence-electron chi connectivity index (χ2n) is 10.1. The number of esters is 1. The fraction of sp³-hybridized carbons (Fsp3) is 0.600. The number of carbonyl (C=O) groups is 2. The van der Waals surface area contributed by atoms with Gasteiger partial charge in [0, 0.05) is 41.9 Å². The number of carbonyl (C=O) groups excluding carboxylic acids is 2. The van der Waals surface area contributed by atoms with E-state index in [1.54, 1.807) is 12.4 Å². The molecule has 1 aliphatic carbocycles. The van der Waals surface area contributed by atoms with Gasteiger partial charge in [-0.1, -0.05) is 25.3 Å². The number of aliphatic hydroxyl groups is 1. The molecule has 0 spiro atoms. The van der Waals surface area contributed by atoms with Gasteiger partial charge in [-0.15, -0.1) is 11.3 Å². The topological polar surface area (TPSA) is 101 Å². The average Bonchev–Trinajstić information content (AvgIpc) is 3.40. The summed E-state index contributed by atoms with van der Waals surface area (Å²) in [6.07, 6.45) is 11.1. The summed E-state index contributed by atoms with van der Waals surface area (Å²) in [5.74, 6) is -0.0135. The predicted molar refractivity (Wildman–Crippen MR) is 128 cm³/mol. The van der Waals surface area contributed by atoms with E-state index in [1.807, 2.05) is 17.5 Å². The normalized spacial score (nSPS) is 27.9. The average molecular weight is 566 g/mol. The van der Waals surface area contributed by atoms with Gasteiger partial charge in [0.05, 0.1) is 19.3 Å². The number of nitrogens with one attached hydrogen (secondary N) is 1. The number of hydrogen-bond donors (Lipinski definition) is 2. The molecule has 8 nitrogen and oxygen atoms in total. The molecule has 3 aliphatic heterocycles. The third kappa shape index (κ3) is 5.45. The highest BCUT2D eigenvalue weighted by atomic mass is 79.9. The van der Waals surface area contributed by atoms with Crippen molar-refractivity contribution in [2.75, 3.05) is 31.5 Å². The molecule has 6 rings (SSSR count). The summed E-state index contributed by atoms with van der Waals surface area (Å²) < 4.78 is 6.74. The number of thiophene rings is 1. The first-order valence-electron chi connectivity index (χ1n) is 12.4. The Morgan fingerprint density at radius 1 is 1.17 bits per heavy atom. The highest BCUT2D eigenvalue weighted by Gasteiger charge is 2.53. The van der Waals surface area contributed by atoms with Crippen molar-refractivity contribution in [1.82, 2.24) is 9.97 Å². The number of amides is 1. The zero-order valence-electron chi connectivity index (χ0n) is 19.8. The molecule has 3 saturated heterocycles. The Hall–Kier alpha value is -1.88. The molecule has 1 unspecified atom stereocenters. The number of aromatic nitrogens is 2. The largest absolute Gasteiger partial charge is 1.00 e. The molecule has 1 amide bonds. The number of nitrogens with zero attached hydrogens (tertiary/aromatic N) is 3. The van der Waals surface area contributed by atoms with Gasteiger partial charge in [-0.2, -0.15) is 0 Å².